The molecule has 0 fully saturated rings. The molecular formula is C23H22N6O3S2. The number of nitrogen functional groups attached to an aromatic ring is 1. The van der Waals surface area contributed by atoms with Crippen LogP contribution < -0.4 is 16.0 Å². The van der Waals surface area contributed by atoms with E-state index in [0.717, 1.165) is 35.9 Å². The van der Waals surface area contributed by atoms with Gasteiger partial charge in [-0.3, -0.25) is 9.52 Å². The third-order valence-electron chi connectivity index (χ3n) is 5.70. The molecule has 1 amide bonds. The van der Waals surface area contributed by atoms with E-state index < -0.39 is 10.0 Å². The van der Waals surface area contributed by atoms with Gasteiger partial charge in [-0.25, -0.2) is 8.42 Å². The van der Waals surface area contributed by atoms with E-state index in [1.165, 1.54) is 65.7 Å². The number of amides is 1. The molecule has 1 aliphatic rings. The Kier molecular flexibility index (Phi) is 5.88. The van der Waals surface area contributed by atoms with Crippen molar-refractivity contribution < 1.29 is 18.2 Å². The number of rotatable bonds is 5. The lowest BCUT2D eigenvalue weighted by molar-refractivity contribution is -0.355. The Morgan fingerprint density at radius 3 is 2.59 bits per heavy atom. The molecule has 4 N–H and O–H groups in total. The number of nitrogens with two attached hydrogens (primary N) is 1. The van der Waals surface area contributed by atoms with Crippen LogP contribution in [0.1, 0.15) is 40.2 Å². The summed E-state index contributed by atoms with van der Waals surface area (Å²) in [6, 6.07) is 9.43. The van der Waals surface area contributed by atoms with E-state index in [1.54, 1.807) is 6.07 Å². The van der Waals surface area contributed by atoms with Gasteiger partial charge in [0.2, 0.25) is 10.0 Å². The molecule has 0 bridgehead atoms. The number of thiophene rings is 1. The van der Waals surface area contributed by atoms with E-state index in [9.17, 15) is 13.2 Å². The van der Waals surface area contributed by atoms with Crippen LogP contribution >= 0.6 is 11.3 Å². The first-order valence-electron chi connectivity index (χ1n) is 10.8. The lowest BCUT2D eigenvalue weighted by atomic mass is 10.1. The van der Waals surface area contributed by atoms with Gasteiger partial charge in [-0.2, -0.15) is 4.98 Å². The zero-order valence-corrected chi connectivity index (χ0v) is 19.7. The van der Waals surface area contributed by atoms with Gasteiger partial charge in [-0.05, 0) is 62.0 Å². The Morgan fingerprint density at radius 1 is 1.09 bits per heavy atom. The highest BCUT2D eigenvalue weighted by Gasteiger charge is 2.24. The van der Waals surface area contributed by atoms with Crippen molar-refractivity contribution in [3.8, 4) is 0 Å². The first-order chi connectivity index (χ1) is 16.4. The molecule has 34 heavy (non-hydrogen) atoms. The van der Waals surface area contributed by atoms with E-state index in [2.05, 4.69) is 31.1 Å². The largest absolute Gasteiger partial charge is 0.397 e. The molecule has 0 saturated carbocycles. The molecular weight excluding hydrogens is 472 g/mol. The number of sulfonamides is 1. The van der Waals surface area contributed by atoms with Gasteiger partial charge >= 0.3 is 0 Å². The lowest BCUT2D eigenvalue weighted by Gasteiger charge is -2.12. The van der Waals surface area contributed by atoms with Crippen molar-refractivity contribution in [2.24, 2.45) is 0 Å². The van der Waals surface area contributed by atoms with Crippen molar-refractivity contribution in [2.75, 3.05) is 11.1 Å². The molecule has 9 nitrogen and oxygen atoms in total. The average molecular weight is 495 g/mol. The first kappa shape index (κ1) is 22.2. The second kappa shape index (κ2) is 8.99. The molecule has 3 heterocycles. The summed E-state index contributed by atoms with van der Waals surface area (Å²) in [5, 5.41) is 3.66. The van der Waals surface area contributed by atoms with Gasteiger partial charge < -0.3 is 21.0 Å². The fraction of sp³-hybridized carbons (Fsp3) is 0.217. The minimum absolute atomic E-state index is 0.0320. The maximum atomic E-state index is 13.0. The average Bonchev–Trinajstić information content (AvgIpc) is 2.99. The second-order valence-electron chi connectivity index (χ2n) is 8.02. The molecule has 0 aliphatic heterocycles. The van der Waals surface area contributed by atoms with Crippen molar-refractivity contribution in [1.82, 2.24) is 9.97 Å². The molecule has 5 rings (SSSR count). The van der Waals surface area contributed by atoms with Crippen molar-refractivity contribution in [3.05, 3.63) is 69.6 Å². The van der Waals surface area contributed by atoms with E-state index in [0.29, 0.717) is 16.3 Å². The summed E-state index contributed by atoms with van der Waals surface area (Å²) in [5.74, 6) is -0.491. The quantitative estimate of drug-likeness (QED) is 0.401. The molecule has 0 spiro atoms. The number of H-pyrrole nitrogens is 1. The van der Waals surface area contributed by atoms with Crippen LogP contribution in [0.25, 0.3) is 14.9 Å². The smallest absolute Gasteiger partial charge is 0.270 e. The minimum atomic E-state index is -3.98. The molecule has 0 atom stereocenters. The number of hydrogen-bond acceptors (Lipinski definition) is 7. The molecule has 3 aromatic heterocycles. The summed E-state index contributed by atoms with van der Waals surface area (Å²) in [5.41, 5.74) is 9.73. The highest BCUT2D eigenvalue weighted by molar-refractivity contribution is 7.94. The third-order valence-corrected chi connectivity index (χ3v) is 8.10. The number of anilines is 2. The first-order valence-corrected chi connectivity index (χ1v) is 13.1. The van der Waals surface area contributed by atoms with Crippen LogP contribution in [0.4, 0.5) is 17.3 Å². The van der Waals surface area contributed by atoms with Crippen molar-refractivity contribution in [2.45, 2.75) is 37.0 Å². The topological polar surface area (TPSA) is 143 Å². The fourth-order valence-corrected chi connectivity index (χ4v) is 5.89. The summed E-state index contributed by atoms with van der Waals surface area (Å²) in [6.07, 6.45) is 8.36. The second-order valence-corrected chi connectivity index (χ2v) is 10.6. The molecule has 1 aliphatic carbocycles. The maximum Gasteiger partial charge on any atom is 0.270 e. The number of hydrogen-bond donors (Lipinski definition) is 2. The number of aromatic amines is 1. The molecule has 4 aromatic rings. The van der Waals surface area contributed by atoms with E-state index in [4.69, 9.17) is 5.73 Å². The zero-order valence-electron chi connectivity index (χ0n) is 18.1. The normalized spacial score (nSPS) is 13.8. The van der Waals surface area contributed by atoms with Gasteiger partial charge in [-0.15, -0.1) is 0 Å². The van der Waals surface area contributed by atoms with Crippen LogP contribution in [0.2, 0.25) is 0 Å². The lowest BCUT2D eigenvalue weighted by Crippen LogP contribution is -2.13. The highest BCUT2D eigenvalue weighted by atomic mass is 32.2. The van der Waals surface area contributed by atoms with Gasteiger partial charge in [0.05, 0.1) is 16.0 Å². The number of carbonyl (C=O) groups excluding carboxylic acids is 1. The van der Waals surface area contributed by atoms with E-state index in [1.807, 2.05) is 0 Å². The van der Waals surface area contributed by atoms with Crippen LogP contribution in [0.3, 0.4) is 0 Å². The van der Waals surface area contributed by atoms with Crippen LogP contribution in [0, 0.1) is 0 Å². The number of carbonyl (C=O) groups is 1. The molecule has 0 unspecified atom stereocenters. The third kappa shape index (κ3) is 4.44. The molecule has 11 heteroatoms. The van der Waals surface area contributed by atoms with Gasteiger partial charge in [-0.1, -0.05) is 23.8 Å². The van der Waals surface area contributed by atoms with Gasteiger partial charge in [0, 0.05) is 23.6 Å². The molecule has 1 aromatic carbocycles. The SMILES string of the molecule is Nc1c(C(=O)Nc2ccc(S(=O)(=O)[N-]c3ncccn3)cc2)sc2[nH+]c3c(cc12)CCCCC3. The predicted molar refractivity (Wildman–Crippen MR) is 131 cm³/mol. The number of pyridine rings is 1. The summed E-state index contributed by atoms with van der Waals surface area (Å²) in [7, 11) is -3.98. The van der Waals surface area contributed by atoms with Crippen LogP contribution in [-0.2, 0) is 22.9 Å². The summed E-state index contributed by atoms with van der Waals surface area (Å²) in [4.78, 5) is 25.3. The molecule has 0 radical (unpaired) electrons. The zero-order chi connectivity index (χ0) is 23.7. The van der Waals surface area contributed by atoms with Crippen LogP contribution in [-0.4, -0.2) is 24.3 Å². The van der Waals surface area contributed by atoms with Crippen molar-refractivity contribution in [3.63, 3.8) is 0 Å². The number of aryl methyl sites for hydroxylation is 2. The maximum absolute atomic E-state index is 13.0. The number of aromatic nitrogens is 3. The van der Waals surface area contributed by atoms with E-state index >= 15 is 0 Å². The number of fused-ring (bicyclic) bond motifs is 2. The van der Waals surface area contributed by atoms with Crippen molar-refractivity contribution in [1.29, 1.82) is 0 Å². The van der Waals surface area contributed by atoms with Crippen LogP contribution in [0.15, 0.2) is 53.7 Å². The Morgan fingerprint density at radius 2 is 1.82 bits per heavy atom. The highest BCUT2D eigenvalue weighted by Crippen LogP contribution is 2.34. The molecule has 0 saturated heterocycles. The Labute approximate surface area is 200 Å². The fourth-order valence-electron chi connectivity index (χ4n) is 3.98. The summed E-state index contributed by atoms with van der Waals surface area (Å²) >= 11 is 1.32. The summed E-state index contributed by atoms with van der Waals surface area (Å²) in [6.45, 7) is 0. The number of nitrogens with zero attached hydrogens (tertiary/aromatic N) is 3. The Bertz CT molecular complexity index is 1470. The van der Waals surface area contributed by atoms with Gasteiger partial charge in [0.25, 0.3) is 10.7 Å². The van der Waals surface area contributed by atoms with E-state index in [-0.39, 0.29) is 16.8 Å². The monoisotopic (exact) mass is 494 g/mol. The van der Waals surface area contributed by atoms with Crippen molar-refractivity contribution >= 4 is 54.8 Å². The number of nitrogens with one attached hydrogen (secondary N) is 2. The number of benzene rings is 1. The summed E-state index contributed by atoms with van der Waals surface area (Å²) < 4.78 is 28.6. The Hall–Kier alpha value is -3.57. The Balaban J connectivity index is 1.35. The van der Waals surface area contributed by atoms with Gasteiger partial charge in [0.15, 0.2) is 5.69 Å². The van der Waals surface area contributed by atoms with Gasteiger partial charge in [0.1, 0.15) is 4.88 Å². The molecule has 174 valence electrons. The standard InChI is InChI=1S/C23H22N6O3S2/c24-19-17-13-14-5-2-1-3-6-18(14)28-22(17)33-20(19)21(30)27-15-7-9-16(10-8-15)34(31,32)29-23-25-11-4-12-26-23/h4,7-13H,1-3,5-6H2,(H4,24,25,26,27,29,30). The van der Waals surface area contributed by atoms with Crippen LogP contribution in [0.5, 0.6) is 0 Å². The minimum Gasteiger partial charge on any atom is -0.397 e. The predicted octanol–water partition coefficient (Wildman–Crippen LogP) is 4.00.